The second kappa shape index (κ2) is 18.0. The van der Waals surface area contributed by atoms with Crippen LogP contribution in [0.3, 0.4) is 0 Å². The molecule has 0 aliphatic carbocycles. The topological polar surface area (TPSA) is 150 Å². The van der Waals surface area contributed by atoms with Gasteiger partial charge in [0.2, 0.25) is 0 Å². The third-order valence-electron chi connectivity index (χ3n) is 4.84. The van der Waals surface area contributed by atoms with Gasteiger partial charge in [-0.15, -0.1) is 0 Å². The minimum Gasteiger partial charge on any atom is -0.462 e. The van der Waals surface area contributed by atoms with Gasteiger partial charge < -0.3 is 34.2 Å². The number of hydrogen-bond acceptors (Lipinski definition) is 11. The van der Waals surface area contributed by atoms with E-state index in [0.29, 0.717) is 24.8 Å². The van der Waals surface area contributed by atoms with Crippen molar-refractivity contribution in [3.8, 4) is 11.5 Å². The molecule has 0 amide bonds. The SMILES string of the molecule is CCCCOC(=O)Oc1ccc(C[C@H](N)C(=O)O[C@@H](C)COC(=O)CCC)cc1OC(=O)OCCCC. The van der Waals surface area contributed by atoms with E-state index < -0.39 is 30.4 Å². The first-order valence-corrected chi connectivity index (χ1v) is 12.6. The predicted molar refractivity (Wildman–Crippen MR) is 133 cm³/mol. The summed E-state index contributed by atoms with van der Waals surface area (Å²) in [6, 6.07) is 3.33. The summed E-state index contributed by atoms with van der Waals surface area (Å²) in [5.41, 5.74) is 6.51. The van der Waals surface area contributed by atoms with Gasteiger partial charge in [-0.25, -0.2) is 9.59 Å². The molecule has 0 aliphatic heterocycles. The Morgan fingerprint density at radius 2 is 1.43 bits per heavy atom. The van der Waals surface area contributed by atoms with Gasteiger partial charge in [0.1, 0.15) is 18.8 Å². The zero-order chi connectivity index (χ0) is 27.6. The molecular formula is C26H39NO10. The van der Waals surface area contributed by atoms with Crippen molar-refractivity contribution in [2.45, 2.75) is 84.8 Å². The molecule has 1 aromatic carbocycles. The lowest BCUT2D eigenvalue weighted by molar-refractivity contribution is -0.159. The highest BCUT2D eigenvalue weighted by atomic mass is 16.7. The Morgan fingerprint density at radius 3 is 2.00 bits per heavy atom. The fourth-order valence-corrected chi connectivity index (χ4v) is 2.83. The molecule has 0 saturated carbocycles. The van der Waals surface area contributed by atoms with E-state index in [2.05, 4.69) is 0 Å². The highest BCUT2D eigenvalue weighted by Crippen LogP contribution is 2.30. The minimum atomic E-state index is -1.05. The van der Waals surface area contributed by atoms with Crippen LogP contribution in [0.15, 0.2) is 18.2 Å². The first kappa shape index (κ1) is 31.7. The highest BCUT2D eigenvalue weighted by Gasteiger charge is 2.22. The number of unbranched alkanes of at least 4 members (excludes halogenated alkanes) is 2. The highest BCUT2D eigenvalue weighted by molar-refractivity contribution is 5.76. The zero-order valence-electron chi connectivity index (χ0n) is 22.1. The van der Waals surface area contributed by atoms with E-state index in [-0.39, 0.29) is 50.1 Å². The minimum absolute atomic E-state index is 0.0314. The van der Waals surface area contributed by atoms with Gasteiger partial charge in [-0.05, 0) is 50.3 Å². The molecule has 11 nitrogen and oxygen atoms in total. The molecule has 0 spiro atoms. The molecule has 1 aromatic rings. The predicted octanol–water partition coefficient (Wildman–Crippen LogP) is 4.46. The number of nitrogens with two attached hydrogens (primary N) is 1. The number of carbonyl (C=O) groups excluding carboxylic acids is 4. The summed E-state index contributed by atoms with van der Waals surface area (Å²) < 4.78 is 30.7. The van der Waals surface area contributed by atoms with Gasteiger partial charge >= 0.3 is 24.2 Å². The van der Waals surface area contributed by atoms with Crippen molar-refractivity contribution in [3.63, 3.8) is 0 Å². The molecule has 0 aliphatic rings. The smallest absolute Gasteiger partial charge is 0.462 e. The zero-order valence-corrected chi connectivity index (χ0v) is 22.1. The lowest BCUT2D eigenvalue weighted by Gasteiger charge is -2.17. The lowest BCUT2D eigenvalue weighted by Crippen LogP contribution is -2.37. The molecule has 0 saturated heterocycles. The molecule has 37 heavy (non-hydrogen) atoms. The van der Waals surface area contributed by atoms with Gasteiger partial charge in [0.05, 0.1) is 13.2 Å². The Hall–Kier alpha value is -3.34. The van der Waals surface area contributed by atoms with E-state index >= 15 is 0 Å². The maximum Gasteiger partial charge on any atom is 0.513 e. The summed E-state index contributed by atoms with van der Waals surface area (Å²) >= 11 is 0. The van der Waals surface area contributed by atoms with Crippen LogP contribution in [0.4, 0.5) is 9.59 Å². The largest absolute Gasteiger partial charge is 0.513 e. The summed E-state index contributed by atoms with van der Waals surface area (Å²) in [6.07, 6.45) is 1.39. The lowest BCUT2D eigenvalue weighted by atomic mass is 10.1. The Kier molecular flexibility index (Phi) is 15.4. The third-order valence-corrected chi connectivity index (χ3v) is 4.84. The van der Waals surface area contributed by atoms with E-state index in [0.717, 1.165) is 12.8 Å². The normalized spacial score (nSPS) is 12.1. The average Bonchev–Trinajstić information content (AvgIpc) is 2.84. The van der Waals surface area contributed by atoms with E-state index in [4.69, 9.17) is 34.2 Å². The van der Waals surface area contributed by atoms with Gasteiger partial charge in [0.15, 0.2) is 11.5 Å². The number of hydrogen-bond donors (Lipinski definition) is 1. The fraction of sp³-hybridized carbons (Fsp3) is 0.615. The molecule has 0 heterocycles. The van der Waals surface area contributed by atoms with E-state index in [1.807, 2.05) is 20.8 Å². The van der Waals surface area contributed by atoms with Gasteiger partial charge in [-0.3, -0.25) is 9.59 Å². The van der Waals surface area contributed by atoms with E-state index in [9.17, 15) is 19.2 Å². The van der Waals surface area contributed by atoms with Crippen LogP contribution in [0.2, 0.25) is 0 Å². The third kappa shape index (κ3) is 13.5. The van der Waals surface area contributed by atoms with E-state index in [1.165, 1.54) is 12.1 Å². The number of carbonyl (C=O) groups is 4. The Labute approximate surface area is 217 Å². The summed E-state index contributed by atoms with van der Waals surface area (Å²) in [5, 5.41) is 0. The molecule has 11 heteroatoms. The molecule has 0 aromatic heterocycles. The quantitative estimate of drug-likeness (QED) is 0.141. The Bertz CT molecular complexity index is 873. The first-order chi connectivity index (χ1) is 17.7. The van der Waals surface area contributed by atoms with Crippen molar-refractivity contribution in [1.82, 2.24) is 0 Å². The van der Waals surface area contributed by atoms with Gasteiger partial charge in [0, 0.05) is 6.42 Å². The van der Waals surface area contributed by atoms with Crippen LogP contribution in [0, 0.1) is 0 Å². The second-order valence-electron chi connectivity index (χ2n) is 8.38. The van der Waals surface area contributed by atoms with Crippen LogP contribution < -0.4 is 15.2 Å². The maximum atomic E-state index is 12.4. The maximum absolute atomic E-state index is 12.4. The van der Waals surface area contributed by atoms with Crippen LogP contribution in [-0.4, -0.2) is 56.2 Å². The monoisotopic (exact) mass is 525 g/mol. The molecule has 0 unspecified atom stereocenters. The molecule has 0 bridgehead atoms. The van der Waals surface area contributed by atoms with E-state index in [1.54, 1.807) is 13.0 Å². The fourth-order valence-electron chi connectivity index (χ4n) is 2.83. The van der Waals surface area contributed by atoms with Crippen LogP contribution >= 0.6 is 0 Å². The summed E-state index contributed by atoms with van der Waals surface area (Å²) in [7, 11) is 0. The van der Waals surface area contributed by atoms with Crippen LogP contribution in [-0.2, 0) is 35.0 Å². The van der Waals surface area contributed by atoms with Crippen LogP contribution in [0.5, 0.6) is 11.5 Å². The van der Waals surface area contributed by atoms with Gasteiger partial charge in [-0.1, -0.05) is 39.7 Å². The van der Waals surface area contributed by atoms with Crippen molar-refractivity contribution in [3.05, 3.63) is 23.8 Å². The molecule has 2 N–H and O–H groups in total. The number of rotatable bonds is 16. The molecule has 0 fully saturated rings. The number of esters is 2. The number of benzene rings is 1. The molecule has 0 radical (unpaired) electrons. The number of ether oxygens (including phenoxy) is 6. The second-order valence-corrected chi connectivity index (χ2v) is 8.38. The molecule has 2 atom stereocenters. The van der Waals surface area contributed by atoms with Crippen molar-refractivity contribution >= 4 is 24.2 Å². The summed E-state index contributed by atoms with van der Waals surface area (Å²) in [4.78, 5) is 48.0. The molecule has 1 rings (SSSR count). The summed E-state index contributed by atoms with van der Waals surface area (Å²) in [6.45, 7) is 7.63. The van der Waals surface area contributed by atoms with Crippen molar-refractivity contribution in [1.29, 1.82) is 0 Å². The van der Waals surface area contributed by atoms with Crippen molar-refractivity contribution < 1.29 is 47.6 Å². The Morgan fingerprint density at radius 1 is 0.838 bits per heavy atom. The van der Waals surface area contributed by atoms with Gasteiger partial charge in [0.25, 0.3) is 0 Å². The first-order valence-electron chi connectivity index (χ1n) is 12.6. The Balaban J connectivity index is 2.84. The van der Waals surface area contributed by atoms with Gasteiger partial charge in [-0.2, -0.15) is 0 Å². The van der Waals surface area contributed by atoms with Crippen molar-refractivity contribution in [2.24, 2.45) is 5.73 Å². The molecular weight excluding hydrogens is 486 g/mol. The van der Waals surface area contributed by atoms with Crippen LogP contribution in [0.1, 0.15) is 71.8 Å². The standard InChI is InChI=1S/C26H39NO10/c1-5-8-13-32-25(30)36-21-12-11-19(16-22(21)37-26(31)33-14-9-6-2)15-20(27)24(29)35-18(4)17-34-23(28)10-7-3/h11-12,16,18,20H,5-10,13-15,17,27H2,1-4H3/t18-,20-/m0/s1. The van der Waals surface area contributed by atoms with Crippen LogP contribution in [0.25, 0.3) is 0 Å². The van der Waals surface area contributed by atoms with Crippen molar-refractivity contribution in [2.75, 3.05) is 19.8 Å². The molecule has 208 valence electrons. The summed E-state index contributed by atoms with van der Waals surface area (Å²) in [5.74, 6) is -1.22. The average molecular weight is 526 g/mol.